The van der Waals surface area contributed by atoms with Crippen LogP contribution in [-0.4, -0.2) is 50.3 Å². The monoisotopic (exact) mass is 406 g/mol. The van der Waals surface area contributed by atoms with Gasteiger partial charge in [-0.3, -0.25) is 4.79 Å². The largest absolute Gasteiger partial charge is 0.348 e. The first-order chi connectivity index (χ1) is 14.6. The summed E-state index contributed by atoms with van der Waals surface area (Å²) in [5.74, 6) is 0.0704. The molecule has 3 heterocycles. The lowest BCUT2D eigenvalue weighted by molar-refractivity contribution is -0.122. The standard InChI is InChI=1S/C23H30N6O/c1-17-20(18(2)27-29-16-24-26-23(17)29)11-12-22(30)25-21(19-9-5-3-6-10-19)15-28-13-7-4-8-14-28/h3,5-6,9-10,16,21H,4,7-8,11-15H2,1-2H3,(H,25,30)/t21-/m0/s1. The molecule has 0 unspecified atom stereocenters. The molecule has 0 aliphatic carbocycles. The molecule has 0 spiro atoms. The zero-order chi connectivity index (χ0) is 20.9. The van der Waals surface area contributed by atoms with Gasteiger partial charge in [-0.25, -0.2) is 4.52 Å². The molecule has 0 radical (unpaired) electrons. The molecule has 1 atom stereocenters. The van der Waals surface area contributed by atoms with Crippen LogP contribution in [-0.2, 0) is 11.2 Å². The van der Waals surface area contributed by atoms with Gasteiger partial charge in [0.25, 0.3) is 0 Å². The Morgan fingerprint density at radius 1 is 1.13 bits per heavy atom. The fraction of sp³-hybridized carbons (Fsp3) is 0.478. The molecule has 1 saturated heterocycles. The molecule has 3 aromatic rings. The van der Waals surface area contributed by atoms with E-state index in [2.05, 4.69) is 37.6 Å². The molecule has 2 aromatic heterocycles. The van der Waals surface area contributed by atoms with E-state index < -0.39 is 0 Å². The summed E-state index contributed by atoms with van der Waals surface area (Å²) in [7, 11) is 0. The summed E-state index contributed by atoms with van der Waals surface area (Å²) in [6.07, 6.45) is 6.47. The minimum atomic E-state index is 0.0103. The highest BCUT2D eigenvalue weighted by Gasteiger charge is 2.20. The van der Waals surface area contributed by atoms with Crippen LogP contribution in [0.3, 0.4) is 0 Å². The van der Waals surface area contributed by atoms with Crippen molar-refractivity contribution in [3.05, 3.63) is 59.0 Å². The van der Waals surface area contributed by atoms with Gasteiger partial charge in [-0.15, -0.1) is 10.2 Å². The number of hydrogen-bond acceptors (Lipinski definition) is 5. The number of benzene rings is 1. The van der Waals surface area contributed by atoms with Crippen LogP contribution in [0.15, 0.2) is 36.7 Å². The Hall–Kier alpha value is -2.80. The summed E-state index contributed by atoms with van der Waals surface area (Å²) in [6, 6.07) is 10.3. The molecule has 1 aliphatic rings. The Kier molecular flexibility index (Phi) is 6.38. The molecule has 1 fully saturated rings. The first kappa shape index (κ1) is 20.5. The normalized spacial score (nSPS) is 15.9. The Morgan fingerprint density at radius 3 is 2.67 bits per heavy atom. The molecule has 1 aliphatic heterocycles. The van der Waals surface area contributed by atoms with E-state index in [4.69, 9.17) is 0 Å². The van der Waals surface area contributed by atoms with E-state index in [9.17, 15) is 4.79 Å². The second-order valence-corrected chi connectivity index (χ2v) is 8.18. The number of aromatic nitrogens is 4. The van der Waals surface area contributed by atoms with E-state index in [-0.39, 0.29) is 11.9 Å². The average Bonchev–Trinajstić information content (AvgIpc) is 3.23. The summed E-state index contributed by atoms with van der Waals surface area (Å²) in [5.41, 5.74) is 4.96. The highest BCUT2D eigenvalue weighted by Crippen LogP contribution is 2.20. The zero-order valence-electron chi connectivity index (χ0n) is 17.8. The predicted molar refractivity (Wildman–Crippen MR) is 116 cm³/mol. The van der Waals surface area contributed by atoms with Crippen LogP contribution in [0.1, 0.15) is 54.1 Å². The van der Waals surface area contributed by atoms with Crippen LogP contribution in [0.5, 0.6) is 0 Å². The Morgan fingerprint density at radius 2 is 1.90 bits per heavy atom. The van der Waals surface area contributed by atoms with Crippen LogP contribution in [0.25, 0.3) is 5.65 Å². The van der Waals surface area contributed by atoms with Crippen molar-refractivity contribution in [2.24, 2.45) is 0 Å². The summed E-state index contributed by atoms with van der Waals surface area (Å²) in [4.78, 5) is 15.4. The van der Waals surface area contributed by atoms with Crippen LogP contribution < -0.4 is 5.32 Å². The highest BCUT2D eigenvalue weighted by molar-refractivity contribution is 5.77. The maximum atomic E-state index is 12.9. The van der Waals surface area contributed by atoms with Crippen LogP contribution in [0.2, 0.25) is 0 Å². The summed E-state index contributed by atoms with van der Waals surface area (Å²) in [6.45, 7) is 7.09. The molecular formula is C23H30N6O. The van der Waals surface area contributed by atoms with Gasteiger partial charge in [0.15, 0.2) is 5.65 Å². The first-order valence-corrected chi connectivity index (χ1v) is 10.8. The molecule has 4 rings (SSSR count). The van der Waals surface area contributed by atoms with Crippen molar-refractivity contribution in [1.82, 2.24) is 30.0 Å². The molecule has 0 saturated carbocycles. The first-order valence-electron chi connectivity index (χ1n) is 10.8. The average molecular weight is 407 g/mol. The number of rotatable bonds is 7. The smallest absolute Gasteiger partial charge is 0.220 e. The van der Waals surface area contributed by atoms with Crippen LogP contribution in [0.4, 0.5) is 0 Å². The molecule has 30 heavy (non-hydrogen) atoms. The van der Waals surface area contributed by atoms with Gasteiger partial charge in [-0.05, 0) is 57.3 Å². The van der Waals surface area contributed by atoms with E-state index in [0.717, 1.165) is 47.7 Å². The SMILES string of the molecule is Cc1nn2cnnc2c(C)c1CCC(=O)N[C@@H](CN1CCCCC1)c1ccccc1. The third kappa shape index (κ3) is 4.67. The number of nitrogens with one attached hydrogen (secondary N) is 1. The van der Waals surface area contributed by atoms with Gasteiger partial charge in [0.2, 0.25) is 5.91 Å². The Bertz CT molecular complexity index is 994. The highest BCUT2D eigenvalue weighted by atomic mass is 16.1. The summed E-state index contributed by atoms with van der Waals surface area (Å²) in [5, 5.41) is 15.9. The van der Waals surface area contributed by atoms with Crippen molar-refractivity contribution in [3.63, 3.8) is 0 Å². The van der Waals surface area contributed by atoms with E-state index in [0.29, 0.717) is 12.8 Å². The lowest BCUT2D eigenvalue weighted by Crippen LogP contribution is -2.40. The van der Waals surface area contributed by atoms with Crippen molar-refractivity contribution in [1.29, 1.82) is 0 Å². The van der Waals surface area contributed by atoms with Gasteiger partial charge in [-0.2, -0.15) is 5.10 Å². The van der Waals surface area contributed by atoms with Crippen LogP contribution >= 0.6 is 0 Å². The van der Waals surface area contributed by atoms with Crippen molar-refractivity contribution in [3.8, 4) is 0 Å². The molecule has 1 aromatic carbocycles. The molecule has 158 valence electrons. The molecule has 7 nitrogen and oxygen atoms in total. The number of carbonyl (C=O) groups excluding carboxylic acids is 1. The number of piperidine rings is 1. The zero-order valence-corrected chi connectivity index (χ0v) is 17.8. The second kappa shape index (κ2) is 9.34. The third-order valence-corrected chi connectivity index (χ3v) is 6.04. The van der Waals surface area contributed by atoms with Crippen molar-refractivity contribution in [2.75, 3.05) is 19.6 Å². The number of nitrogens with zero attached hydrogens (tertiary/aromatic N) is 5. The molecular weight excluding hydrogens is 376 g/mol. The van der Waals surface area contributed by atoms with Gasteiger partial charge in [-0.1, -0.05) is 36.8 Å². The summed E-state index contributed by atoms with van der Waals surface area (Å²) < 4.78 is 1.69. The number of hydrogen-bond donors (Lipinski definition) is 1. The minimum absolute atomic E-state index is 0.0103. The van der Waals surface area contributed by atoms with Crippen LogP contribution in [0, 0.1) is 13.8 Å². The maximum absolute atomic E-state index is 12.9. The maximum Gasteiger partial charge on any atom is 0.220 e. The Balaban J connectivity index is 1.43. The number of carbonyl (C=O) groups is 1. The van der Waals surface area contributed by atoms with Crippen molar-refractivity contribution in [2.45, 2.75) is 52.0 Å². The summed E-state index contributed by atoms with van der Waals surface area (Å²) >= 11 is 0. The minimum Gasteiger partial charge on any atom is -0.348 e. The molecule has 7 heteroatoms. The fourth-order valence-electron chi connectivity index (χ4n) is 4.37. The van der Waals surface area contributed by atoms with E-state index in [1.54, 1.807) is 10.8 Å². The van der Waals surface area contributed by atoms with E-state index in [1.165, 1.54) is 19.3 Å². The number of aryl methyl sites for hydroxylation is 2. The van der Waals surface area contributed by atoms with Crippen molar-refractivity contribution >= 4 is 11.6 Å². The number of fused-ring (bicyclic) bond motifs is 1. The van der Waals surface area contributed by atoms with E-state index in [1.807, 2.05) is 32.0 Å². The lowest BCUT2D eigenvalue weighted by Gasteiger charge is -2.31. The lowest BCUT2D eigenvalue weighted by atomic mass is 10.0. The second-order valence-electron chi connectivity index (χ2n) is 8.18. The van der Waals surface area contributed by atoms with Gasteiger partial charge >= 0.3 is 0 Å². The third-order valence-electron chi connectivity index (χ3n) is 6.04. The topological polar surface area (TPSA) is 75.4 Å². The van der Waals surface area contributed by atoms with Gasteiger partial charge in [0.05, 0.1) is 11.7 Å². The van der Waals surface area contributed by atoms with E-state index >= 15 is 0 Å². The quantitative estimate of drug-likeness (QED) is 0.653. The number of amides is 1. The Labute approximate surface area is 177 Å². The fourth-order valence-corrected chi connectivity index (χ4v) is 4.37. The van der Waals surface area contributed by atoms with Gasteiger partial charge < -0.3 is 10.2 Å². The predicted octanol–water partition coefficient (Wildman–Crippen LogP) is 3.02. The van der Waals surface area contributed by atoms with Crippen molar-refractivity contribution < 1.29 is 4.79 Å². The van der Waals surface area contributed by atoms with Gasteiger partial charge in [0, 0.05) is 18.5 Å². The molecule has 1 amide bonds. The van der Waals surface area contributed by atoms with Gasteiger partial charge in [0.1, 0.15) is 6.33 Å². The molecule has 1 N–H and O–H groups in total. The molecule has 0 bridgehead atoms. The number of likely N-dealkylation sites (tertiary alicyclic amines) is 1.